The highest BCUT2D eigenvalue weighted by atomic mass is 16.6. The zero-order valence-corrected chi connectivity index (χ0v) is 35.3. The van der Waals surface area contributed by atoms with Crippen molar-refractivity contribution in [3.8, 4) is 17.2 Å². The summed E-state index contributed by atoms with van der Waals surface area (Å²) < 4.78 is 16.3. The maximum Gasteiger partial charge on any atom is 0.328 e. The molecule has 3 rings (SSSR count). The monoisotopic (exact) mass is 804 g/mol. The normalized spacial score (nSPS) is 14.3. The first-order chi connectivity index (χ1) is 27.4. The third-order valence-corrected chi connectivity index (χ3v) is 10.5. The molecule has 3 aromatic carbocycles. The zero-order chi connectivity index (χ0) is 43.3. The Hall–Kier alpha value is -5.63. The molecule has 0 saturated heterocycles. The molecule has 0 aliphatic rings. The van der Waals surface area contributed by atoms with Gasteiger partial charge in [-0.15, -0.1) is 0 Å². The van der Waals surface area contributed by atoms with Crippen LogP contribution >= 0.6 is 0 Å². The second kappa shape index (κ2) is 21.8. The highest BCUT2D eigenvalue weighted by molar-refractivity contribution is 5.95. The van der Waals surface area contributed by atoms with Crippen molar-refractivity contribution in [3.63, 3.8) is 0 Å². The number of aromatic hydroxyl groups is 2. The maximum absolute atomic E-state index is 14.5. The van der Waals surface area contributed by atoms with Gasteiger partial charge in [-0.25, -0.2) is 4.79 Å². The van der Waals surface area contributed by atoms with Crippen LogP contribution in [0.25, 0.3) is 0 Å². The molecule has 3 amide bonds. The van der Waals surface area contributed by atoms with Crippen molar-refractivity contribution in [2.24, 2.45) is 11.8 Å². The Morgan fingerprint density at radius 2 is 1.09 bits per heavy atom. The number of esters is 2. The molecule has 0 bridgehead atoms. The summed E-state index contributed by atoms with van der Waals surface area (Å²) in [5.41, 5.74) is 2.15. The molecule has 0 heterocycles. The van der Waals surface area contributed by atoms with E-state index >= 15 is 0 Å². The molecule has 3 aromatic rings. The number of phenols is 2. The Balaban J connectivity index is 1.92. The van der Waals surface area contributed by atoms with Crippen LogP contribution in [0.2, 0.25) is 0 Å². The Morgan fingerprint density at radius 1 is 0.638 bits per heavy atom. The lowest BCUT2D eigenvalue weighted by molar-refractivity contribution is -0.164. The lowest BCUT2D eigenvalue weighted by Crippen LogP contribution is -2.59. The first kappa shape index (κ1) is 46.8. The lowest BCUT2D eigenvalue weighted by atomic mass is 9.96. The molecule has 0 fully saturated rings. The zero-order valence-electron chi connectivity index (χ0n) is 35.3. The third-order valence-electron chi connectivity index (χ3n) is 10.5. The number of benzene rings is 3. The van der Waals surface area contributed by atoms with Gasteiger partial charge in [0.05, 0.1) is 14.2 Å². The van der Waals surface area contributed by atoms with E-state index in [1.807, 2.05) is 19.1 Å². The number of carbonyl (C=O) groups is 5. The molecule has 6 atom stereocenters. The van der Waals surface area contributed by atoms with Gasteiger partial charge in [-0.1, -0.05) is 64.1 Å². The molecule has 58 heavy (non-hydrogen) atoms. The Bertz CT molecular complexity index is 1820. The summed E-state index contributed by atoms with van der Waals surface area (Å²) in [6.07, 6.45) is -0.341. The van der Waals surface area contributed by atoms with E-state index in [2.05, 4.69) is 5.32 Å². The molecule has 0 aromatic heterocycles. The van der Waals surface area contributed by atoms with Gasteiger partial charge in [0.25, 0.3) is 5.91 Å². The summed E-state index contributed by atoms with van der Waals surface area (Å²) in [5.74, 6) is -3.22. The number of nitrogens with one attached hydrogen (secondary N) is 1. The molecule has 0 aliphatic heterocycles. The van der Waals surface area contributed by atoms with Crippen LogP contribution in [0, 0.1) is 11.8 Å². The van der Waals surface area contributed by atoms with E-state index in [9.17, 15) is 34.2 Å². The Labute approximate surface area is 342 Å². The highest BCUT2D eigenvalue weighted by Gasteiger charge is 2.40. The number of hydrogen-bond acceptors (Lipinski definition) is 11. The highest BCUT2D eigenvalue weighted by Crippen LogP contribution is 2.22. The summed E-state index contributed by atoms with van der Waals surface area (Å²) in [5, 5.41) is 22.6. The van der Waals surface area contributed by atoms with Crippen molar-refractivity contribution in [3.05, 3.63) is 89.5 Å². The molecule has 14 nitrogen and oxygen atoms in total. The second-order valence-corrected chi connectivity index (χ2v) is 15.2. The average molecular weight is 805 g/mol. The molecule has 0 saturated carbocycles. The van der Waals surface area contributed by atoms with Crippen LogP contribution in [0.1, 0.15) is 50.8 Å². The van der Waals surface area contributed by atoms with Crippen LogP contribution in [-0.4, -0.2) is 127 Å². The fourth-order valence-corrected chi connectivity index (χ4v) is 6.43. The topological polar surface area (TPSA) is 175 Å². The van der Waals surface area contributed by atoms with E-state index < -0.39 is 71.8 Å². The third kappa shape index (κ3) is 12.7. The number of rotatable bonds is 20. The average Bonchev–Trinajstić information content (AvgIpc) is 3.21. The Morgan fingerprint density at radius 3 is 1.52 bits per heavy atom. The van der Waals surface area contributed by atoms with Gasteiger partial charge < -0.3 is 39.5 Å². The molecule has 0 spiro atoms. The predicted molar refractivity (Wildman–Crippen MR) is 219 cm³/mol. The number of phenolic OH excluding ortho intramolecular Hbond substituents is 2. The first-order valence-corrected chi connectivity index (χ1v) is 19.4. The molecular weight excluding hydrogens is 745 g/mol. The molecule has 0 radical (unpaired) electrons. The van der Waals surface area contributed by atoms with Crippen molar-refractivity contribution in [2.75, 3.05) is 42.4 Å². The van der Waals surface area contributed by atoms with Crippen LogP contribution in [0.5, 0.6) is 17.2 Å². The van der Waals surface area contributed by atoms with E-state index in [0.717, 1.165) is 5.56 Å². The quantitative estimate of drug-likeness (QED) is 0.141. The fraction of sp³-hybridized carbons (Fsp3) is 0.477. The number of carbonyl (C=O) groups excluding carboxylic acids is 5. The summed E-state index contributed by atoms with van der Waals surface area (Å²) in [6.45, 7) is 7.18. The van der Waals surface area contributed by atoms with Crippen LogP contribution in [0.15, 0.2) is 72.8 Å². The number of methoxy groups -OCH3 is 2. The van der Waals surface area contributed by atoms with E-state index in [1.165, 1.54) is 55.3 Å². The van der Waals surface area contributed by atoms with E-state index in [1.54, 1.807) is 83.3 Å². The number of nitrogens with zero attached hydrogens (tertiary/aromatic N) is 3. The lowest BCUT2D eigenvalue weighted by Gasteiger charge is -2.36. The smallest absolute Gasteiger partial charge is 0.328 e. The van der Waals surface area contributed by atoms with Crippen LogP contribution in [0.4, 0.5) is 0 Å². The largest absolute Gasteiger partial charge is 0.508 e. The second-order valence-electron chi connectivity index (χ2n) is 15.2. The standard InChI is InChI=1S/C44H60N4O10/c1-11-28(4)39(58-44(55)36(46(5)6)25-31-16-22-34(56-9)23-17-31)40(51)45-38(27(2)3)42(53)47(7)35(24-29-12-18-32(49)19-13-29)41(52)48(8)37(43(54)57-10)26-30-14-20-33(50)21-15-30/h12-23,27-28,35-39,49-50H,11,24-26H2,1-10H3,(H,45,51)/t28-,35?,36-,37?,38-,39-/m1/s1. The molecule has 0 aliphatic carbocycles. The number of ether oxygens (including phenoxy) is 3. The molecule has 3 N–H and O–H groups in total. The van der Waals surface area contributed by atoms with E-state index in [4.69, 9.17) is 14.2 Å². The van der Waals surface area contributed by atoms with Gasteiger partial charge in [-0.05, 0) is 85.9 Å². The van der Waals surface area contributed by atoms with Gasteiger partial charge in [-0.3, -0.25) is 24.1 Å². The van der Waals surface area contributed by atoms with Crippen molar-refractivity contribution in [1.29, 1.82) is 0 Å². The number of amides is 3. The molecule has 316 valence electrons. The van der Waals surface area contributed by atoms with Gasteiger partial charge in [0.15, 0.2) is 6.10 Å². The molecule has 14 heteroatoms. The van der Waals surface area contributed by atoms with Crippen LogP contribution < -0.4 is 10.1 Å². The minimum atomic E-state index is -1.23. The minimum Gasteiger partial charge on any atom is -0.508 e. The van der Waals surface area contributed by atoms with Gasteiger partial charge in [0, 0.05) is 32.9 Å². The van der Waals surface area contributed by atoms with E-state index in [-0.39, 0.29) is 24.3 Å². The van der Waals surface area contributed by atoms with Gasteiger partial charge in [-0.2, -0.15) is 0 Å². The van der Waals surface area contributed by atoms with Crippen LogP contribution in [-0.2, 0) is 52.7 Å². The van der Waals surface area contributed by atoms with Gasteiger partial charge in [0.1, 0.15) is 41.4 Å². The minimum absolute atomic E-state index is 0.00475. The SMILES string of the molecule is CC[C@@H](C)[C@@H](OC(=O)[C@@H](Cc1ccc(OC)cc1)N(C)C)C(=O)N[C@@H](C(=O)N(C)C(Cc1ccc(O)cc1)C(=O)N(C)C(Cc1ccc(O)cc1)C(=O)OC)C(C)C. The van der Waals surface area contributed by atoms with Crippen molar-refractivity contribution >= 4 is 29.7 Å². The van der Waals surface area contributed by atoms with Gasteiger partial charge >= 0.3 is 11.9 Å². The summed E-state index contributed by atoms with van der Waals surface area (Å²) in [4.78, 5) is 74.2. The van der Waals surface area contributed by atoms with Crippen molar-refractivity contribution in [2.45, 2.75) is 83.6 Å². The Kier molecular flexibility index (Phi) is 17.5. The van der Waals surface area contributed by atoms with E-state index in [0.29, 0.717) is 29.7 Å². The van der Waals surface area contributed by atoms with Crippen molar-refractivity contribution in [1.82, 2.24) is 20.0 Å². The molecular formula is C44H60N4O10. The number of hydrogen-bond donors (Lipinski definition) is 3. The summed E-state index contributed by atoms with van der Waals surface area (Å²) in [6, 6.07) is 15.6. The predicted octanol–water partition coefficient (Wildman–Crippen LogP) is 3.99. The number of likely N-dealkylation sites (N-methyl/N-ethyl adjacent to an activating group) is 3. The summed E-state index contributed by atoms with van der Waals surface area (Å²) >= 11 is 0. The first-order valence-electron chi connectivity index (χ1n) is 19.4. The van der Waals surface area contributed by atoms with Crippen LogP contribution in [0.3, 0.4) is 0 Å². The maximum atomic E-state index is 14.5. The van der Waals surface area contributed by atoms with Gasteiger partial charge in [0.2, 0.25) is 11.8 Å². The summed E-state index contributed by atoms with van der Waals surface area (Å²) in [7, 11) is 9.21. The fourth-order valence-electron chi connectivity index (χ4n) is 6.43. The molecule has 2 unspecified atom stereocenters. The van der Waals surface area contributed by atoms with Crippen molar-refractivity contribution < 1.29 is 48.4 Å².